The van der Waals surface area contributed by atoms with E-state index < -0.39 is 0 Å². The smallest absolute Gasteiger partial charge is 0.0223 e. The Morgan fingerprint density at radius 2 is 2.08 bits per heavy atom. The number of hydrogen-bond donors (Lipinski definition) is 1. The van der Waals surface area contributed by atoms with Gasteiger partial charge in [0.2, 0.25) is 0 Å². The van der Waals surface area contributed by atoms with Crippen molar-refractivity contribution in [2.75, 3.05) is 31.6 Å². The second-order valence-corrected chi connectivity index (χ2v) is 4.34. The first-order valence-corrected chi connectivity index (χ1v) is 5.89. The molecule has 0 radical (unpaired) electrons. The van der Waals surface area contributed by atoms with Crippen LogP contribution in [0.5, 0.6) is 0 Å². The third-order valence-corrected chi connectivity index (χ3v) is 3.13. The Morgan fingerprint density at radius 3 is 2.50 bits per heavy atom. The van der Waals surface area contributed by atoms with Gasteiger partial charge in [-0.2, -0.15) is 11.8 Å². The van der Waals surface area contributed by atoms with Gasteiger partial charge in [-0.15, -0.1) is 0 Å². The number of nitrogens with zero attached hydrogens (tertiary/aromatic N) is 1. The average Bonchev–Trinajstić information content (AvgIpc) is 2.11. The lowest BCUT2D eigenvalue weighted by Crippen LogP contribution is -2.38. The molecule has 0 aliphatic carbocycles. The summed E-state index contributed by atoms with van der Waals surface area (Å²) >= 11 is 2.00. The fourth-order valence-corrected chi connectivity index (χ4v) is 1.87. The molecule has 0 aromatic heterocycles. The van der Waals surface area contributed by atoms with Crippen LogP contribution in [0.2, 0.25) is 0 Å². The van der Waals surface area contributed by atoms with Crippen LogP contribution < -0.4 is 5.73 Å². The maximum atomic E-state index is 5.68. The van der Waals surface area contributed by atoms with Crippen LogP contribution in [0.4, 0.5) is 0 Å². The van der Waals surface area contributed by atoms with Crippen molar-refractivity contribution in [3.63, 3.8) is 0 Å². The minimum atomic E-state index is 0.578. The van der Waals surface area contributed by atoms with E-state index in [1.54, 1.807) is 0 Å². The number of thioether (sulfide) groups is 1. The summed E-state index contributed by atoms with van der Waals surface area (Å²) in [6.07, 6.45) is 1.22. The highest BCUT2D eigenvalue weighted by atomic mass is 32.2. The van der Waals surface area contributed by atoms with Crippen LogP contribution >= 0.6 is 11.8 Å². The molecule has 0 amide bonds. The molecule has 2 N–H and O–H groups in total. The summed E-state index contributed by atoms with van der Waals surface area (Å²) in [6, 6.07) is 0.578. The molecule has 0 saturated carbocycles. The van der Waals surface area contributed by atoms with Crippen molar-refractivity contribution in [1.82, 2.24) is 4.90 Å². The van der Waals surface area contributed by atoms with Crippen LogP contribution in [0.1, 0.15) is 20.3 Å². The van der Waals surface area contributed by atoms with Crippen molar-refractivity contribution >= 4 is 11.8 Å². The Labute approximate surface area is 80.9 Å². The van der Waals surface area contributed by atoms with Crippen molar-refractivity contribution in [3.8, 4) is 0 Å². The zero-order chi connectivity index (χ0) is 9.40. The van der Waals surface area contributed by atoms with E-state index in [9.17, 15) is 0 Å². The van der Waals surface area contributed by atoms with Gasteiger partial charge in [0.1, 0.15) is 0 Å². The largest absolute Gasteiger partial charge is 0.329 e. The summed E-state index contributed by atoms with van der Waals surface area (Å²) in [5.74, 6) is 2.45. The van der Waals surface area contributed by atoms with Crippen molar-refractivity contribution in [2.24, 2.45) is 5.73 Å². The molecule has 1 unspecified atom stereocenters. The normalized spacial score (nSPS) is 13.8. The zero-order valence-corrected chi connectivity index (χ0v) is 9.36. The van der Waals surface area contributed by atoms with Gasteiger partial charge in [0.05, 0.1) is 0 Å². The number of rotatable bonds is 7. The molecule has 0 rings (SSSR count). The summed E-state index contributed by atoms with van der Waals surface area (Å²) in [7, 11) is 2.15. The van der Waals surface area contributed by atoms with Crippen molar-refractivity contribution in [1.29, 1.82) is 0 Å². The quantitative estimate of drug-likeness (QED) is 0.616. The molecule has 3 heteroatoms. The van der Waals surface area contributed by atoms with E-state index >= 15 is 0 Å². The third kappa shape index (κ3) is 5.01. The first-order chi connectivity index (χ1) is 5.76. The molecule has 0 heterocycles. The summed E-state index contributed by atoms with van der Waals surface area (Å²) < 4.78 is 0. The molecule has 0 aromatic carbocycles. The molecule has 2 nitrogen and oxygen atoms in total. The molecule has 0 bridgehead atoms. The van der Waals surface area contributed by atoms with Gasteiger partial charge >= 0.3 is 0 Å². The standard InChI is InChI=1S/C9H22N2S/c1-4-11(3)9(8-10)6-7-12-5-2/h9H,4-8,10H2,1-3H3. The summed E-state index contributed by atoms with van der Waals surface area (Å²) in [5, 5.41) is 0. The predicted molar refractivity (Wildman–Crippen MR) is 58.8 cm³/mol. The van der Waals surface area contributed by atoms with E-state index in [0.717, 1.165) is 13.1 Å². The minimum absolute atomic E-state index is 0.578. The highest BCUT2D eigenvalue weighted by Crippen LogP contribution is 2.07. The average molecular weight is 190 g/mol. The lowest BCUT2D eigenvalue weighted by molar-refractivity contribution is 0.254. The third-order valence-electron chi connectivity index (χ3n) is 2.19. The minimum Gasteiger partial charge on any atom is -0.329 e. The molecule has 12 heavy (non-hydrogen) atoms. The summed E-state index contributed by atoms with van der Waals surface area (Å²) in [6.45, 7) is 6.26. The highest BCUT2D eigenvalue weighted by Gasteiger charge is 2.09. The molecule has 1 atom stereocenters. The van der Waals surface area contributed by atoms with Crippen molar-refractivity contribution < 1.29 is 0 Å². The van der Waals surface area contributed by atoms with Crippen LogP contribution in [0, 0.1) is 0 Å². The first-order valence-electron chi connectivity index (χ1n) is 4.74. The molecule has 0 aliphatic heterocycles. The number of hydrogen-bond acceptors (Lipinski definition) is 3. The highest BCUT2D eigenvalue weighted by molar-refractivity contribution is 7.99. The fourth-order valence-electron chi connectivity index (χ4n) is 1.14. The maximum absolute atomic E-state index is 5.68. The van der Waals surface area contributed by atoms with E-state index in [2.05, 4.69) is 25.8 Å². The molecule has 0 aromatic rings. The monoisotopic (exact) mass is 190 g/mol. The second-order valence-electron chi connectivity index (χ2n) is 2.95. The van der Waals surface area contributed by atoms with Gasteiger partial charge in [-0.25, -0.2) is 0 Å². The van der Waals surface area contributed by atoms with Gasteiger partial charge in [-0.3, -0.25) is 0 Å². The Hall–Kier alpha value is 0.270. The van der Waals surface area contributed by atoms with E-state index in [-0.39, 0.29) is 0 Å². The van der Waals surface area contributed by atoms with Crippen LogP contribution in [0.15, 0.2) is 0 Å². The van der Waals surface area contributed by atoms with Crippen LogP contribution in [0.25, 0.3) is 0 Å². The summed E-state index contributed by atoms with van der Waals surface area (Å²) in [5.41, 5.74) is 5.68. The predicted octanol–water partition coefficient (Wildman–Crippen LogP) is 1.41. The number of likely N-dealkylation sites (N-methyl/N-ethyl adjacent to an activating group) is 1. The van der Waals surface area contributed by atoms with E-state index in [1.165, 1.54) is 17.9 Å². The van der Waals surface area contributed by atoms with E-state index in [1.807, 2.05) is 11.8 Å². The van der Waals surface area contributed by atoms with Crippen molar-refractivity contribution in [3.05, 3.63) is 0 Å². The van der Waals surface area contributed by atoms with Gasteiger partial charge in [-0.1, -0.05) is 13.8 Å². The van der Waals surface area contributed by atoms with E-state index in [4.69, 9.17) is 5.73 Å². The molecule has 0 fully saturated rings. The SMILES string of the molecule is CCSCCC(CN)N(C)CC. The zero-order valence-electron chi connectivity index (χ0n) is 8.55. The molecule has 0 aliphatic rings. The molecular formula is C9H22N2S. The molecule has 74 valence electrons. The van der Waals surface area contributed by atoms with Crippen LogP contribution in [0.3, 0.4) is 0 Å². The second kappa shape index (κ2) is 7.90. The molecule has 0 spiro atoms. The first kappa shape index (κ1) is 12.3. The van der Waals surface area contributed by atoms with Gasteiger partial charge in [0.15, 0.2) is 0 Å². The Morgan fingerprint density at radius 1 is 1.42 bits per heavy atom. The molecule has 0 saturated heterocycles. The lowest BCUT2D eigenvalue weighted by atomic mass is 10.2. The van der Waals surface area contributed by atoms with Gasteiger partial charge in [-0.05, 0) is 31.5 Å². The van der Waals surface area contributed by atoms with Crippen LogP contribution in [-0.2, 0) is 0 Å². The Kier molecular flexibility index (Phi) is 8.07. The molecular weight excluding hydrogens is 168 g/mol. The van der Waals surface area contributed by atoms with Crippen molar-refractivity contribution in [2.45, 2.75) is 26.3 Å². The Bertz CT molecular complexity index is 98.5. The van der Waals surface area contributed by atoms with Crippen LogP contribution in [-0.4, -0.2) is 42.6 Å². The number of nitrogens with two attached hydrogens (primary N) is 1. The topological polar surface area (TPSA) is 29.3 Å². The Balaban J connectivity index is 3.52. The van der Waals surface area contributed by atoms with E-state index in [0.29, 0.717) is 6.04 Å². The van der Waals surface area contributed by atoms with Gasteiger partial charge in [0.25, 0.3) is 0 Å². The maximum Gasteiger partial charge on any atom is 0.0223 e. The fraction of sp³-hybridized carbons (Fsp3) is 1.00. The van der Waals surface area contributed by atoms with Gasteiger partial charge < -0.3 is 10.6 Å². The summed E-state index contributed by atoms with van der Waals surface area (Å²) in [4.78, 5) is 2.33. The van der Waals surface area contributed by atoms with Gasteiger partial charge in [0, 0.05) is 12.6 Å². The lowest BCUT2D eigenvalue weighted by Gasteiger charge is -2.25.